The molecule has 2 N–H and O–H groups in total. The third-order valence-corrected chi connectivity index (χ3v) is 13.4. The minimum Gasteiger partial charge on any atom is -0.459 e. The Morgan fingerprint density at radius 1 is 0.983 bits per heavy atom. The molecule has 11 heteroatoms. The molecule has 0 radical (unpaired) electrons. The molecule has 320 valence electrons. The molecule has 1 amide bonds. The van der Waals surface area contributed by atoms with E-state index in [0.717, 1.165) is 74.5 Å². The predicted octanol–water partition coefficient (Wildman–Crippen LogP) is 8.88. The summed E-state index contributed by atoms with van der Waals surface area (Å²) < 4.78 is 26.8. The fourth-order valence-electron chi connectivity index (χ4n) is 10.5. The van der Waals surface area contributed by atoms with Crippen molar-refractivity contribution in [3.05, 3.63) is 77.9 Å². The molecule has 7 rings (SSSR count). The average Bonchev–Trinajstić information content (AvgIpc) is 3.79. The number of nitrogens with zero attached hydrogens (tertiary/aromatic N) is 2. The number of allylic oxidation sites excluding steroid dienone is 1. The van der Waals surface area contributed by atoms with Crippen LogP contribution in [-0.2, 0) is 19.1 Å². The van der Waals surface area contributed by atoms with Crippen LogP contribution >= 0.6 is 0 Å². The lowest BCUT2D eigenvalue weighted by Crippen LogP contribution is -2.69. The van der Waals surface area contributed by atoms with Crippen molar-refractivity contribution in [1.82, 2.24) is 4.90 Å². The summed E-state index contributed by atoms with van der Waals surface area (Å²) in [6.07, 6.45) is 18.4. The van der Waals surface area contributed by atoms with Crippen molar-refractivity contribution >= 4 is 17.9 Å². The minimum absolute atomic E-state index is 0.0521. The number of unbranched alkanes of at least 4 members (excludes halogenated alkanes) is 2. The highest BCUT2D eigenvalue weighted by Crippen LogP contribution is 2.62. The van der Waals surface area contributed by atoms with Gasteiger partial charge in [-0.25, -0.2) is 0 Å². The average molecular weight is 813 g/mol. The number of hydrogen-bond acceptors (Lipinski definition) is 10. The van der Waals surface area contributed by atoms with Crippen LogP contribution in [0.25, 0.3) is 0 Å². The van der Waals surface area contributed by atoms with Crippen LogP contribution in [0.4, 0.5) is 0 Å². The van der Waals surface area contributed by atoms with E-state index in [0.29, 0.717) is 61.0 Å². The number of hydrogen-bond donors (Lipinski definition) is 2. The molecule has 3 aliphatic carbocycles. The normalized spacial score (nSPS) is 28.2. The van der Waals surface area contributed by atoms with Gasteiger partial charge in [-0.2, -0.15) is 0 Å². The van der Waals surface area contributed by atoms with Crippen molar-refractivity contribution in [2.24, 2.45) is 28.8 Å². The zero-order valence-corrected chi connectivity index (χ0v) is 34.8. The van der Waals surface area contributed by atoms with Crippen LogP contribution in [0, 0.1) is 23.7 Å². The minimum atomic E-state index is -1.30. The number of oxime groups is 1. The Hall–Kier alpha value is -4.03. The number of rotatable bonds is 20. The fraction of sp³-hybridized carbons (Fsp3) is 0.604. The zero-order valence-electron chi connectivity index (χ0n) is 34.8. The molecule has 5 aliphatic rings. The zero-order chi connectivity index (χ0) is 41.2. The Balaban J connectivity index is 1.38. The standard InChI is InChI=1S/C48H64N2O9/c1-3-26-56-48-43(50(2)44(54)23-20-33-13-4-5-14-33)31-41(49-59-45-19-8-11-27-55-45)39-29-35(16-6-9-24-51)38(18-7-10-25-52)46(47(39)48)40-30-37(21-22-42(40)58-48)57-36-17-12-15-34(28-36)32-53/h3,12,15,17,21-22,28-30,32-33,35,38,43,45-47,51-52H,1,4-11,13-14,16,18-20,23-27,31H2,2H3/t35-,38+,43-,45?,46+,47+,48+/m0/s1. The van der Waals surface area contributed by atoms with Crippen molar-refractivity contribution in [3.63, 3.8) is 0 Å². The van der Waals surface area contributed by atoms with Crippen molar-refractivity contribution < 1.29 is 43.6 Å². The number of carbonyl (C=O) groups excluding carboxylic acids is 2. The number of aldehydes is 1. The maximum atomic E-state index is 14.4. The van der Waals surface area contributed by atoms with E-state index < -0.39 is 24.0 Å². The Morgan fingerprint density at radius 2 is 1.76 bits per heavy atom. The highest BCUT2D eigenvalue weighted by Gasteiger charge is 2.65. The molecule has 2 heterocycles. The fourth-order valence-corrected chi connectivity index (χ4v) is 10.5. The van der Waals surface area contributed by atoms with Gasteiger partial charge in [-0.05, 0) is 98.6 Å². The smallest absolute Gasteiger partial charge is 0.239 e. The third-order valence-electron chi connectivity index (χ3n) is 13.4. The molecule has 1 saturated heterocycles. The molecule has 0 bridgehead atoms. The number of ether oxygens (including phenoxy) is 4. The van der Waals surface area contributed by atoms with Gasteiger partial charge in [-0.15, -0.1) is 6.58 Å². The van der Waals surface area contributed by atoms with Crippen LogP contribution in [0.15, 0.2) is 71.9 Å². The quantitative estimate of drug-likeness (QED) is 0.0582. The molecule has 1 unspecified atom stereocenters. The van der Waals surface area contributed by atoms with E-state index in [9.17, 15) is 19.8 Å². The molecule has 11 nitrogen and oxygen atoms in total. The first-order chi connectivity index (χ1) is 28.9. The second-order valence-electron chi connectivity index (χ2n) is 17.2. The number of aliphatic hydroxyl groups is 2. The van der Waals surface area contributed by atoms with E-state index in [-0.39, 0.29) is 43.5 Å². The molecule has 2 aromatic rings. The van der Waals surface area contributed by atoms with E-state index in [1.54, 1.807) is 24.3 Å². The van der Waals surface area contributed by atoms with Gasteiger partial charge in [0.25, 0.3) is 0 Å². The Labute approximate surface area is 349 Å². The van der Waals surface area contributed by atoms with Crippen molar-refractivity contribution in [2.75, 3.05) is 33.5 Å². The molecular weight excluding hydrogens is 749 g/mol. The van der Waals surface area contributed by atoms with Gasteiger partial charge < -0.3 is 38.9 Å². The number of carbonyl (C=O) groups is 2. The number of amides is 1. The molecular formula is C48H64N2O9. The van der Waals surface area contributed by atoms with Crippen molar-refractivity contribution in [2.45, 2.75) is 127 Å². The van der Waals surface area contributed by atoms with Crippen LogP contribution in [-0.4, -0.2) is 84.6 Å². The summed E-state index contributed by atoms with van der Waals surface area (Å²) >= 11 is 0. The molecule has 0 spiro atoms. The maximum absolute atomic E-state index is 14.4. The van der Waals surface area contributed by atoms with Gasteiger partial charge in [0.15, 0.2) is 0 Å². The first-order valence-corrected chi connectivity index (χ1v) is 22.2. The van der Waals surface area contributed by atoms with E-state index in [2.05, 4.69) is 18.7 Å². The number of aliphatic hydroxyl groups excluding tert-OH is 2. The summed E-state index contributed by atoms with van der Waals surface area (Å²) in [7, 11) is 1.88. The lowest BCUT2D eigenvalue weighted by molar-refractivity contribution is -0.256. The van der Waals surface area contributed by atoms with E-state index in [1.165, 1.54) is 25.7 Å². The summed E-state index contributed by atoms with van der Waals surface area (Å²) in [5, 5.41) is 24.8. The van der Waals surface area contributed by atoms with Crippen molar-refractivity contribution in [1.29, 1.82) is 0 Å². The topological polar surface area (TPSA) is 136 Å². The summed E-state index contributed by atoms with van der Waals surface area (Å²) in [5.41, 5.74) is 3.24. The summed E-state index contributed by atoms with van der Waals surface area (Å²) in [6.45, 7) is 5.09. The van der Waals surface area contributed by atoms with Gasteiger partial charge in [0.05, 0.1) is 24.8 Å². The number of benzene rings is 2. The maximum Gasteiger partial charge on any atom is 0.239 e. The van der Waals surface area contributed by atoms with Crippen LogP contribution in [0.5, 0.6) is 17.2 Å². The number of fused-ring (bicyclic) bond motifs is 2. The Morgan fingerprint density at radius 3 is 2.51 bits per heavy atom. The molecule has 59 heavy (non-hydrogen) atoms. The second-order valence-corrected chi connectivity index (χ2v) is 17.2. The lowest BCUT2D eigenvalue weighted by atomic mass is 9.55. The van der Waals surface area contributed by atoms with Crippen LogP contribution in [0.1, 0.15) is 125 Å². The highest BCUT2D eigenvalue weighted by molar-refractivity contribution is 6.03. The highest BCUT2D eigenvalue weighted by atomic mass is 16.8. The van der Waals surface area contributed by atoms with Gasteiger partial charge >= 0.3 is 0 Å². The molecule has 2 aliphatic heterocycles. The molecule has 0 aromatic heterocycles. The van der Waals surface area contributed by atoms with Crippen LogP contribution < -0.4 is 9.47 Å². The van der Waals surface area contributed by atoms with Gasteiger partial charge in [0.1, 0.15) is 29.6 Å². The van der Waals surface area contributed by atoms with Crippen LogP contribution in [0.3, 0.4) is 0 Å². The van der Waals surface area contributed by atoms with Crippen LogP contribution in [0.2, 0.25) is 0 Å². The van der Waals surface area contributed by atoms with E-state index in [4.69, 9.17) is 28.9 Å². The molecule has 2 saturated carbocycles. The summed E-state index contributed by atoms with van der Waals surface area (Å²) in [4.78, 5) is 34.1. The van der Waals surface area contributed by atoms with Gasteiger partial charge in [0, 0.05) is 56.6 Å². The molecule has 2 aromatic carbocycles. The molecule has 7 atom stereocenters. The Bertz CT molecular complexity index is 1800. The SMILES string of the molecule is C=CCO[C@@]12Oc3ccc(Oc4cccc(C=O)c4)cc3[C@H]3[C@H](CCCCO)[C@@H](CCCCO)C=C(C(=NOC4CCCCO4)C[C@@H]1N(C)C(=O)CCC1CCCC1)[C@H]32. The second kappa shape index (κ2) is 20.5. The van der Waals surface area contributed by atoms with Crippen molar-refractivity contribution in [3.8, 4) is 17.2 Å². The number of likely N-dealkylation sites (N-methyl/N-ethyl adjacent to an activating group) is 1. The summed E-state index contributed by atoms with van der Waals surface area (Å²) in [5.74, 6) is 0.745. The summed E-state index contributed by atoms with van der Waals surface area (Å²) in [6, 6.07) is 12.4. The lowest BCUT2D eigenvalue weighted by Gasteiger charge is -2.59. The first kappa shape index (κ1) is 43.1. The van der Waals surface area contributed by atoms with Gasteiger partial charge in [0.2, 0.25) is 18.0 Å². The molecule has 3 fully saturated rings. The third kappa shape index (κ3) is 9.80. The largest absolute Gasteiger partial charge is 0.459 e. The van der Waals surface area contributed by atoms with E-state index >= 15 is 0 Å². The van der Waals surface area contributed by atoms with Gasteiger partial charge in [-0.1, -0.05) is 68.0 Å². The predicted molar refractivity (Wildman–Crippen MR) is 225 cm³/mol. The van der Waals surface area contributed by atoms with E-state index in [1.807, 2.05) is 30.1 Å². The Kier molecular flexibility index (Phi) is 15.0. The first-order valence-electron chi connectivity index (χ1n) is 22.2. The monoisotopic (exact) mass is 812 g/mol. The van der Waals surface area contributed by atoms with Gasteiger partial charge in [-0.3, -0.25) is 9.59 Å².